The maximum absolute atomic E-state index is 12.8. The van der Waals surface area contributed by atoms with Crippen molar-refractivity contribution in [1.29, 1.82) is 0 Å². The molecular weight excluding hydrogens is 552 g/mol. The van der Waals surface area contributed by atoms with Crippen molar-refractivity contribution >= 4 is 67.2 Å². The smallest absolute Gasteiger partial charge is 0.337 e. The van der Waals surface area contributed by atoms with Gasteiger partial charge in [0.1, 0.15) is 6.54 Å². The zero-order valence-electron chi connectivity index (χ0n) is 17.0. The molecule has 2 saturated carbocycles. The molecular formula is C21H20Br2N2O7. The molecule has 1 saturated heterocycles. The van der Waals surface area contributed by atoms with E-state index in [2.05, 4.69) is 41.9 Å². The number of carbonyl (C=O) groups excluding carboxylic acids is 5. The first-order valence-electron chi connectivity index (χ1n) is 10.00. The highest BCUT2D eigenvalue weighted by Gasteiger charge is 2.66. The van der Waals surface area contributed by atoms with E-state index in [1.165, 1.54) is 31.4 Å². The number of benzene rings is 1. The zero-order chi connectivity index (χ0) is 23.2. The standard InChI is InChI=1S/C21H20Br2N2O7/c1-31-21(30)9-2-4-10(5-3-9)24-13(26)8-32-14(27)7-25-19(28)15-11-6-12(16(15)20(25)29)18(23)17(11)22/h2-5,11-12,15-18H,6-8H2,1H3,(H,24,26)/t11-,12-,15-,16+,17-,18+/m1/s1. The van der Waals surface area contributed by atoms with E-state index in [9.17, 15) is 24.0 Å². The van der Waals surface area contributed by atoms with Gasteiger partial charge in [0.15, 0.2) is 6.61 Å². The molecule has 1 aromatic carbocycles. The van der Waals surface area contributed by atoms with Crippen LogP contribution in [0, 0.1) is 23.7 Å². The van der Waals surface area contributed by atoms with Crippen LogP contribution in [0.2, 0.25) is 0 Å². The Morgan fingerprint density at radius 3 is 2.12 bits per heavy atom. The van der Waals surface area contributed by atoms with E-state index in [1.807, 2.05) is 0 Å². The molecule has 1 heterocycles. The van der Waals surface area contributed by atoms with Crippen molar-refractivity contribution in [3.8, 4) is 0 Å². The molecule has 9 nitrogen and oxygen atoms in total. The van der Waals surface area contributed by atoms with Gasteiger partial charge in [-0.05, 0) is 42.5 Å². The van der Waals surface area contributed by atoms with Gasteiger partial charge in [-0.2, -0.15) is 0 Å². The Balaban J connectivity index is 1.28. The van der Waals surface area contributed by atoms with Crippen LogP contribution in [-0.4, -0.2) is 64.5 Å². The number of likely N-dealkylation sites (tertiary alicyclic amines) is 1. The van der Waals surface area contributed by atoms with Gasteiger partial charge >= 0.3 is 11.9 Å². The molecule has 1 aliphatic heterocycles. The summed E-state index contributed by atoms with van der Waals surface area (Å²) in [6.45, 7) is -1.08. The lowest BCUT2D eigenvalue weighted by Gasteiger charge is -2.28. The number of hydrogen-bond donors (Lipinski definition) is 1. The highest BCUT2D eigenvalue weighted by atomic mass is 79.9. The quantitative estimate of drug-likeness (QED) is 0.314. The Morgan fingerprint density at radius 1 is 1.03 bits per heavy atom. The average Bonchev–Trinajstić information content (AvgIpc) is 3.38. The number of imide groups is 1. The summed E-state index contributed by atoms with van der Waals surface area (Å²) < 4.78 is 9.56. The molecule has 0 radical (unpaired) electrons. The van der Waals surface area contributed by atoms with Gasteiger partial charge in [0.2, 0.25) is 11.8 Å². The summed E-state index contributed by atoms with van der Waals surface area (Å²) in [5, 5.41) is 2.53. The molecule has 170 valence electrons. The van der Waals surface area contributed by atoms with Crippen molar-refractivity contribution < 1.29 is 33.4 Å². The van der Waals surface area contributed by atoms with E-state index in [0.29, 0.717) is 11.3 Å². The molecule has 0 unspecified atom stereocenters. The Labute approximate surface area is 200 Å². The number of nitrogens with one attached hydrogen (secondary N) is 1. The lowest BCUT2D eigenvalue weighted by atomic mass is 9.81. The van der Waals surface area contributed by atoms with E-state index < -0.39 is 42.8 Å². The fraction of sp³-hybridized carbons (Fsp3) is 0.476. The number of amides is 3. The number of esters is 2. The van der Waals surface area contributed by atoms with Gasteiger partial charge in [0.05, 0.1) is 24.5 Å². The monoisotopic (exact) mass is 570 g/mol. The summed E-state index contributed by atoms with van der Waals surface area (Å²) in [6, 6.07) is 5.98. The van der Waals surface area contributed by atoms with E-state index >= 15 is 0 Å². The Kier molecular flexibility index (Phi) is 6.39. The third-order valence-corrected chi connectivity index (χ3v) is 9.53. The predicted molar refractivity (Wildman–Crippen MR) is 118 cm³/mol. The van der Waals surface area contributed by atoms with Crippen LogP contribution in [0.15, 0.2) is 24.3 Å². The molecule has 6 atom stereocenters. The molecule has 1 N–H and O–H groups in total. The summed E-state index contributed by atoms with van der Waals surface area (Å²) in [4.78, 5) is 62.5. The first-order chi connectivity index (χ1) is 15.2. The second kappa shape index (κ2) is 8.93. The van der Waals surface area contributed by atoms with E-state index in [0.717, 1.165) is 11.3 Å². The molecule has 4 rings (SSSR count). The minimum atomic E-state index is -0.832. The van der Waals surface area contributed by atoms with Crippen LogP contribution in [0.25, 0.3) is 0 Å². The fourth-order valence-corrected chi connectivity index (χ4v) is 6.77. The number of hydrogen-bond acceptors (Lipinski definition) is 7. The number of fused-ring (bicyclic) bond motifs is 5. The van der Waals surface area contributed by atoms with E-state index in [4.69, 9.17) is 4.74 Å². The lowest BCUT2D eigenvalue weighted by molar-refractivity contribution is -0.154. The molecule has 3 amide bonds. The third-order valence-electron chi connectivity index (χ3n) is 6.32. The number of anilines is 1. The summed E-state index contributed by atoms with van der Waals surface area (Å²) in [6.07, 6.45) is 0.803. The Morgan fingerprint density at radius 2 is 1.59 bits per heavy atom. The number of halogens is 2. The topological polar surface area (TPSA) is 119 Å². The van der Waals surface area contributed by atoms with Gasteiger partial charge in [-0.1, -0.05) is 31.9 Å². The van der Waals surface area contributed by atoms with Crippen LogP contribution in [0.1, 0.15) is 16.8 Å². The highest BCUT2D eigenvalue weighted by Crippen LogP contribution is 2.60. The van der Waals surface area contributed by atoms with Crippen LogP contribution in [-0.2, 0) is 28.7 Å². The van der Waals surface area contributed by atoms with Crippen LogP contribution < -0.4 is 5.32 Å². The summed E-state index contributed by atoms with van der Waals surface area (Å²) in [5.74, 6) is -3.32. The second-order valence-electron chi connectivity index (χ2n) is 8.04. The predicted octanol–water partition coefficient (Wildman–Crippen LogP) is 1.73. The van der Waals surface area contributed by atoms with Crippen molar-refractivity contribution in [2.24, 2.45) is 23.7 Å². The van der Waals surface area contributed by atoms with Gasteiger partial charge in [-0.15, -0.1) is 0 Å². The molecule has 2 bridgehead atoms. The van der Waals surface area contributed by atoms with Crippen LogP contribution >= 0.6 is 31.9 Å². The molecule has 3 aliphatic rings. The molecule has 0 aromatic heterocycles. The Bertz CT molecular complexity index is 951. The van der Waals surface area contributed by atoms with Gasteiger partial charge in [-0.3, -0.25) is 24.1 Å². The summed E-state index contributed by atoms with van der Waals surface area (Å²) in [5.41, 5.74) is 0.730. The second-order valence-corrected chi connectivity index (χ2v) is 10.2. The minimum Gasteiger partial charge on any atom is -0.465 e. The van der Waals surface area contributed by atoms with E-state index in [1.54, 1.807) is 0 Å². The molecule has 11 heteroatoms. The third kappa shape index (κ3) is 3.96. The first-order valence-corrected chi connectivity index (χ1v) is 11.8. The SMILES string of the molecule is COC(=O)c1ccc(NC(=O)COC(=O)CN2C(=O)[C@@H]3[C@H]4C[C@@H]([C@H](Br)[C@@H]4Br)[C@@H]3C2=O)cc1. The molecule has 0 spiro atoms. The highest BCUT2D eigenvalue weighted by molar-refractivity contribution is 9.12. The molecule has 3 fully saturated rings. The van der Waals surface area contributed by atoms with Crippen molar-refractivity contribution in [1.82, 2.24) is 4.90 Å². The molecule has 2 aliphatic carbocycles. The summed E-state index contributed by atoms with van der Waals surface area (Å²) >= 11 is 7.22. The number of ether oxygens (including phenoxy) is 2. The Hall–Kier alpha value is -2.27. The number of rotatable bonds is 6. The van der Waals surface area contributed by atoms with Gasteiger partial charge in [0, 0.05) is 15.3 Å². The average molecular weight is 572 g/mol. The van der Waals surface area contributed by atoms with Crippen LogP contribution in [0.4, 0.5) is 5.69 Å². The van der Waals surface area contributed by atoms with Crippen molar-refractivity contribution in [3.63, 3.8) is 0 Å². The number of nitrogens with zero attached hydrogens (tertiary/aromatic N) is 1. The van der Waals surface area contributed by atoms with Gasteiger partial charge in [-0.25, -0.2) is 4.79 Å². The lowest BCUT2D eigenvalue weighted by Crippen LogP contribution is -2.38. The largest absolute Gasteiger partial charge is 0.465 e. The zero-order valence-corrected chi connectivity index (χ0v) is 20.1. The first kappa shape index (κ1) is 22.9. The van der Waals surface area contributed by atoms with Gasteiger partial charge < -0.3 is 14.8 Å². The van der Waals surface area contributed by atoms with Crippen molar-refractivity contribution in [2.45, 2.75) is 16.1 Å². The van der Waals surface area contributed by atoms with Crippen LogP contribution in [0.5, 0.6) is 0 Å². The minimum absolute atomic E-state index is 0.0585. The molecule has 32 heavy (non-hydrogen) atoms. The van der Waals surface area contributed by atoms with Crippen molar-refractivity contribution in [2.75, 3.05) is 25.6 Å². The number of methoxy groups -OCH3 is 1. The normalized spacial score (nSPS) is 30.3. The summed E-state index contributed by atoms with van der Waals surface area (Å²) in [7, 11) is 1.27. The van der Waals surface area contributed by atoms with Crippen molar-refractivity contribution in [3.05, 3.63) is 29.8 Å². The van der Waals surface area contributed by atoms with E-state index in [-0.39, 0.29) is 33.3 Å². The van der Waals surface area contributed by atoms with Gasteiger partial charge in [0.25, 0.3) is 5.91 Å². The number of alkyl halides is 2. The maximum atomic E-state index is 12.8. The molecule has 1 aromatic rings. The number of carbonyl (C=O) groups is 5. The fourth-order valence-electron chi connectivity index (χ4n) is 4.89. The maximum Gasteiger partial charge on any atom is 0.337 e. The van der Waals surface area contributed by atoms with Crippen LogP contribution in [0.3, 0.4) is 0 Å².